The maximum atomic E-state index is 2.30. The second kappa shape index (κ2) is 17.1. The third-order valence-corrected chi connectivity index (χ3v) is 6.27. The van der Waals surface area contributed by atoms with Gasteiger partial charge in [0.1, 0.15) is 0 Å². The van der Waals surface area contributed by atoms with Crippen molar-refractivity contribution >= 4 is 0 Å². The van der Waals surface area contributed by atoms with E-state index >= 15 is 0 Å². The van der Waals surface area contributed by atoms with Crippen LogP contribution in [0.5, 0.6) is 0 Å². The van der Waals surface area contributed by atoms with Crippen LogP contribution in [0.15, 0.2) is 54.9 Å². The number of pyridine rings is 1. The van der Waals surface area contributed by atoms with Gasteiger partial charge in [-0.3, -0.25) is 0 Å². The molecule has 1 heterocycles. The molecule has 0 N–H and O–H groups in total. The predicted octanol–water partition coefficient (Wildman–Crippen LogP) is 8.77. The molecule has 0 spiro atoms. The van der Waals surface area contributed by atoms with Gasteiger partial charge in [-0.05, 0) is 18.4 Å². The standard InChI is InChI=1S/C29H46N/c1-2-3-4-5-6-7-8-9-10-11-12-13-14-15-16-18-21-28-22-24-29(25-23-28)30-26-19-17-20-27-30/h17,19-20,22-27H,2-16,18,21H2,1H3/q+1. The van der Waals surface area contributed by atoms with Gasteiger partial charge in [0, 0.05) is 24.3 Å². The quantitative estimate of drug-likeness (QED) is 0.171. The van der Waals surface area contributed by atoms with Gasteiger partial charge < -0.3 is 0 Å². The van der Waals surface area contributed by atoms with Crippen molar-refractivity contribution in [1.82, 2.24) is 0 Å². The number of unbranched alkanes of at least 4 members (excludes halogenated alkanes) is 15. The molecule has 2 aromatic rings. The number of hydrogen-bond donors (Lipinski definition) is 0. The monoisotopic (exact) mass is 408 g/mol. The Morgan fingerprint density at radius 3 is 1.40 bits per heavy atom. The molecule has 0 amide bonds. The summed E-state index contributed by atoms with van der Waals surface area (Å²) in [7, 11) is 0. The van der Waals surface area contributed by atoms with Gasteiger partial charge in [0.15, 0.2) is 12.4 Å². The molecule has 0 atom stereocenters. The van der Waals surface area contributed by atoms with Crippen molar-refractivity contribution < 1.29 is 4.57 Å². The normalized spacial score (nSPS) is 11.1. The molecule has 0 unspecified atom stereocenters. The van der Waals surface area contributed by atoms with Crippen molar-refractivity contribution in [2.24, 2.45) is 0 Å². The summed E-state index contributed by atoms with van der Waals surface area (Å²) in [4.78, 5) is 0. The lowest BCUT2D eigenvalue weighted by atomic mass is 10.0. The van der Waals surface area contributed by atoms with Crippen molar-refractivity contribution in [3.63, 3.8) is 0 Å². The fourth-order valence-corrected chi connectivity index (χ4v) is 4.28. The van der Waals surface area contributed by atoms with Gasteiger partial charge in [-0.25, -0.2) is 0 Å². The molecule has 30 heavy (non-hydrogen) atoms. The number of nitrogens with zero attached hydrogens (tertiary/aromatic N) is 1. The second-order valence-corrected chi connectivity index (χ2v) is 9.00. The van der Waals surface area contributed by atoms with E-state index < -0.39 is 0 Å². The minimum absolute atomic E-state index is 1.22. The molecule has 1 heteroatoms. The Hall–Kier alpha value is -1.63. The molecule has 166 valence electrons. The van der Waals surface area contributed by atoms with E-state index in [-0.39, 0.29) is 0 Å². The zero-order chi connectivity index (χ0) is 21.1. The Morgan fingerprint density at radius 1 is 0.500 bits per heavy atom. The van der Waals surface area contributed by atoms with Crippen LogP contribution in [0.4, 0.5) is 0 Å². The average Bonchev–Trinajstić information content (AvgIpc) is 2.80. The summed E-state index contributed by atoms with van der Waals surface area (Å²) >= 11 is 0. The number of rotatable bonds is 18. The third-order valence-electron chi connectivity index (χ3n) is 6.27. The highest BCUT2D eigenvalue weighted by Crippen LogP contribution is 2.15. The lowest BCUT2D eigenvalue weighted by Gasteiger charge is -2.04. The molecular formula is C29H46N+. The number of benzene rings is 1. The van der Waals surface area contributed by atoms with E-state index in [9.17, 15) is 0 Å². The highest BCUT2D eigenvalue weighted by molar-refractivity contribution is 5.27. The molecule has 1 aromatic carbocycles. The van der Waals surface area contributed by atoms with E-state index in [2.05, 4.69) is 66.3 Å². The maximum Gasteiger partial charge on any atom is 0.210 e. The average molecular weight is 409 g/mol. The van der Waals surface area contributed by atoms with Crippen molar-refractivity contribution in [3.8, 4) is 5.69 Å². The molecule has 1 aromatic heterocycles. The van der Waals surface area contributed by atoms with Crippen LogP contribution < -0.4 is 4.57 Å². The van der Waals surface area contributed by atoms with Crippen LogP contribution in [0.3, 0.4) is 0 Å². The Kier molecular flexibility index (Phi) is 14.0. The number of hydrogen-bond acceptors (Lipinski definition) is 0. The van der Waals surface area contributed by atoms with Gasteiger partial charge in [0.2, 0.25) is 5.69 Å². The van der Waals surface area contributed by atoms with Crippen LogP contribution in [0.1, 0.15) is 115 Å². The molecule has 0 saturated carbocycles. The number of aryl methyl sites for hydroxylation is 1. The SMILES string of the molecule is CCCCCCCCCCCCCCCCCCc1ccc(-[n+]2ccccc2)cc1. The highest BCUT2D eigenvalue weighted by Gasteiger charge is 2.03. The molecular weight excluding hydrogens is 362 g/mol. The Bertz CT molecular complexity index is 617. The second-order valence-electron chi connectivity index (χ2n) is 9.00. The van der Waals surface area contributed by atoms with Crippen LogP contribution in [0.25, 0.3) is 5.69 Å². The highest BCUT2D eigenvalue weighted by atomic mass is 14.9. The summed E-state index contributed by atoms with van der Waals surface area (Å²) in [6, 6.07) is 15.3. The zero-order valence-corrected chi connectivity index (χ0v) is 19.7. The van der Waals surface area contributed by atoms with Gasteiger partial charge in [-0.1, -0.05) is 121 Å². The van der Waals surface area contributed by atoms with Gasteiger partial charge in [-0.15, -0.1) is 0 Å². The molecule has 0 radical (unpaired) electrons. The van der Waals surface area contributed by atoms with Crippen LogP contribution in [-0.4, -0.2) is 0 Å². The van der Waals surface area contributed by atoms with E-state index in [1.807, 2.05) is 0 Å². The van der Waals surface area contributed by atoms with Crippen molar-refractivity contribution in [3.05, 3.63) is 60.4 Å². The van der Waals surface area contributed by atoms with E-state index in [1.165, 1.54) is 120 Å². The summed E-state index contributed by atoms with van der Waals surface area (Å²) in [6.07, 6.45) is 28.4. The van der Waals surface area contributed by atoms with Crippen LogP contribution in [-0.2, 0) is 6.42 Å². The largest absolute Gasteiger partial charge is 0.210 e. The maximum absolute atomic E-state index is 2.30. The minimum atomic E-state index is 1.22. The smallest absolute Gasteiger partial charge is 0.167 e. The first-order valence-corrected chi connectivity index (χ1v) is 13.0. The lowest BCUT2D eigenvalue weighted by Crippen LogP contribution is -2.28. The first kappa shape index (κ1) is 24.6. The van der Waals surface area contributed by atoms with Gasteiger partial charge >= 0.3 is 0 Å². The topological polar surface area (TPSA) is 3.88 Å². The summed E-state index contributed by atoms with van der Waals surface area (Å²) in [5, 5.41) is 0. The van der Waals surface area contributed by atoms with E-state index in [4.69, 9.17) is 0 Å². The van der Waals surface area contributed by atoms with Crippen LogP contribution in [0.2, 0.25) is 0 Å². The molecule has 0 aliphatic carbocycles. The minimum Gasteiger partial charge on any atom is -0.167 e. The molecule has 0 bridgehead atoms. The Labute approximate surface area is 186 Å². The molecule has 0 saturated heterocycles. The lowest BCUT2D eigenvalue weighted by molar-refractivity contribution is -0.595. The van der Waals surface area contributed by atoms with E-state index in [1.54, 1.807) is 0 Å². The predicted molar refractivity (Wildman–Crippen MR) is 131 cm³/mol. The van der Waals surface area contributed by atoms with Crippen molar-refractivity contribution in [2.75, 3.05) is 0 Å². The van der Waals surface area contributed by atoms with Gasteiger partial charge in [0.25, 0.3) is 0 Å². The first-order valence-electron chi connectivity index (χ1n) is 13.0. The van der Waals surface area contributed by atoms with E-state index in [0.717, 1.165) is 0 Å². The molecule has 1 nitrogen and oxygen atoms in total. The van der Waals surface area contributed by atoms with Crippen molar-refractivity contribution in [2.45, 2.75) is 116 Å². The summed E-state index contributed by atoms with van der Waals surface area (Å²) < 4.78 is 2.17. The molecule has 0 aliphatic heterocycles. The third kappa shape index (κ3) is 11.5. The molecule has 2 rings (SSSR count). The summed E-state index contributed by atoms with van der Waals surface area (Å²) in [5.41, 5.74) is 2.71. The summed E-state index contributed by atoms with van der Waals surface area (Å²) in [5.74, 6) is 0. The molecule has 0 aliphatic rings. The van der Waals surface area contributed by atoms with Crippen LogP contribution >= 0.6 is 0 Å². The van der Waals surface area contributed by atoms with Gasteiger partial charge in [0.05, 0.1) is 0 Å². The Morgan fingerprint density at radius 2 is 0.933 bits per heavy atom. The first-order chi connectivity index (χ1) is 14.9. The summed E-state index contributed by atoms with van der Waals surface area (Å²) in [6.45, 7) is 2.30. The zero-order valence-electron chi connectivity index (χ0n) is 19.7. The van der Waals surface area contributed by atoms with Gasteiger partial charge in [-0.2, -0.15) is 4.57 Å². The Balaban J connectivity index is 1.37. The number of aromatic nitrogens is 1. The van der Waals surface area contributed by atoms with E-state index in [0.29, 0.717) is 0 Å². The fourth-order valence-electron chi connectivity index (χ4n) is 4.28. The van der Waals surface area contributed by atoms with Crippen molar-refractivity contribution in [1.29, 1.82) is 0 Å². The van der Waals surface area contributed by atoms with Crippen LogP contribution in [0, 0.1) is 0 Å². The molecule has 0 fully saturated rings. The fraction of sp³-hybridized carbons (Fsp3) is 0.621.